The zero-order valence-electron chi connectivity index (χ0n) is 34.3. The number of rotatable bonds is 10. The monoisotopic (exact) mass is 952 g/mol. The molecule has 8 aromatic rings. The number of hydrogen-bond donors (Lipinski definition) is 3. The third kappa shape index (κ3) is 12.8. The summed E-state index contributed by atoms with van der Waals surface area (Å²) in [6, 6.07) is 17.4. The van der Waals surface area contributed by atoms with Crippen LogP contribution in [-0.4, -0.2) is 97.7 Å². The van der Waals surface area contributed by atoms with E-state index >= 15 is 0 Å². The normalized spacial score (nSPS) is 10.0. The van der Waals surface area contributed by atoms with Gasteiger partial charge in [0.05, 0.1) is 43.6 Å². The Morgan fingerprint density at radius 3 is 1.58 bits per heavy atom. The van der Waals surface area contributed by atoms with Crippen LogP contribution in [0.25, 0.3) is 34.1 Å². The average molecular weight is 954 g/mol. The van der Waals surface area contributed by atoms with Gasteiger partial charge in [-0.15, -0.1) is 10.2 Å². The third-order valence-corrected chi connectivity index (χ3v) is 8.52. The van der Waals surface area contributed by atoms with Crippen molar-refractivity contribution in [1.82, 2.24) is 49.1 Å². The number of nitrogens with zero attached hydrogens (tertiary/aromatic N) is 10. The van der Waals surface area contributed by atoms with E-state index in [0.717, 1.165) is 29.9 Å². The van der Waals surface area contributed by atoms with Gasteiger partial charge in [-0.1, -0.05) is 33.9 Å². The molecule has 21 heteroatoms. The number of halogens is 3. The van der Waals surface area contributed by atoms with Crippen molar-refractivity contribution in [2.75, 3.05) is 24.9 Å². The van der Waals surface area contributed by atoms with E-state index in [9.17, 15) is 13.9 Å². The Balaban J connectivity index is 0.000000563. The molecule has 0 aliphatic rings. The van der Waals surface area contributed by atoms with E-state index in [1.807, 2.05) is 25.3 Å². The molecule has 8 aromatic heterocycles. The molecule has 0 aliphatic heterocycles. The summed E-state index contributed by atoms with van der Waals surface area (Å²) < 4.78 is 42.0. The van der Waals surface area contributed by atoms with E-state index in [1.165, 1.54) is 25.6 Å². The molecule has 0 saturated heterocycles. The first kappa shape index (κ1) is 55.5. The van der Waals surface area contributed by atoms with Crippen molar-refractivity contribution in [2.45, 2.75) is 47.6 Å². The molecule has 17 nitrogen and oxygen atoms in total. The van der Waals surface area contributed by atoms with Crippen molar-refractivity contribution in [3.63, 3.8) is 0 Å². The van der Waals surface area contributed by atoms with Crippen molar-refractivity contribution in [2.24, 2.45) is 0 Å². The van der Waals surface area contributed by atoms with E-state index in [0.29, 0.717) is 63.2 Å². The van der Waals surface area contributed by atoms with Gasteiger partial charge in [0.25, 0.3) is 0 Å². The molecule has 0 bridgehead atoms. The minimum Gasteiger partial charge on any atom is -1.00 e. The van der Waals surface area contributed by atoms with E-state index in [2.05, 4.69) is 50.7 Å². The average Bonchev–Trinajstić information content (AvgIpc) is 3.88. The van der Waals surface area contributed by atoms with Gasteiger partial charge in [0.1, 0.15) is 22.4 Å². The predicted molar refractivity (Wildman–Crippen MR) is 236 cm³/mol. The molecule has 8 heterocycles. The van der Waals surface area contributed by atoms with E-state index < -0.39 is 17.2 Å². The molecule has 3 N–H and O–H groups in total. The molecular formula is C43H47BrF2MgN12O5. The van der Waals surface area contributed by atoms with Crippen LogP contribution in [0.2, 0.25) is 0 Å². The van der Waals surface area contributed by atoms with Crippen molar-refractivity contribution in [1.29, 1.82) is 0 Å². The smallest absolute Gasteiger partial charge is 1.00 e. The molecule has 0 fully saturated rings. The zero-order chi connectivity index (χ0) is 42.1. The Morgan fingerprint density at radius 2 is 1.16 bits per heavy atom. The van der Waals surface area contributed by atoms with Crippen LogP contribution in [0.5, 0.6) is 11.8 Å². The summed E-state index contributed by atoms with van der Waals surface area (Å²) in [4.78, 5) is 41.7. The van der Waals surface area contributed by atoms with Gasteiger partial charge in [-0.2, -0.15) is 9.59 Å². The Kier molecular flexibility index (Phi) is 21.6. The summed E-state index contributed by atoms with van der Waals surface area (Å²) in [5.41, 5.74) is 3.36. The summed E-state index contributed by atoms with van der Waals surface area (Å²) in [5, 5.41) is 25.7. The Morgan fingerprint density at radius 1 is 0.719 bits per heavy atom. The fourth-order valence-electron chi connectivity index (χ4n) is 5.80. The number of ether oxygens (including phenoxy) is 2. The van der Waals surface area contributed by atoms with Gasteiger partial charge >= 0.3 is 29.2 Å². The zero-order valence-corrected chi connectivity index (χ0v) is 37.3. The molecule has 8 rings (SSSR count). The molecule has 0 radical (unpaired) electrons. The second-order valence-electron chi connectivity index (χ2n) is 12.8. The largest absolute Gasteiger partial charge is 2.00 e. The van der Waals surface area contributed by atoms with Gasteiger partial charge in [0.2, 0.25) is 23.4 Å². The molecule has 332 valence electrons. The minimum absolute atomic E-state index is 0. The summed E-state index contributed by atoms with van der Waals surface area (Å²) >= 11 is 0. The molecule has 64 heavy (non-hydrogen) atoms. The van der Waals surface area contributed by atoms with Crippen LogP contribution in [0.4, 0.5) is 31.8 Å². The summed E-state index contributed by atoms with van der Waals surface area (Å²) in [6.07, 6.45) is 9.88. The maximum Gasteiger partial charge on any atom is 2.00 e. The van der Waals surface area contributed by atoms with Gasteiger partial charge in [0.15, 0.2) is 23.3 Å². The summed E-state index contributed by atoms with van der Waals surface area (Å²) in [6.45, 7) is 5.37. The number of methoxy groups -OCH3 is 2. The predicted octanol–water partition coefficient (Wildman–Crippen LogP) is 4.71. The standard InChI is InChI=1S/C20H19FN6O2.C19H17FN6O.CO2.2CH4.CH3.BrH.Mg/c1-20(2,28)12-8-10-27-17(12)19(24-14-7-9-22-11-13(14)21)25-18(26-27)15-5-4-6-16(23-15)29-3;1-3-12-8-10-26-17(12)19(23-14-7-9-21-11-13(14)20)24-18(25-26)15-5-4-6-16(22-15)27-2;2-1-3;;;;;/h4-11,28H,1-3H3,(H,22,24,25,26);4-11H,3H2,1-2H3,(H,21,23,24,25);;2*1H4;1H3;1H;/q;;;;;-1;;+2/p-1. The van der Waals surface area contributed by atoms with Gasteiger partial charge < -0.3 is 49.6 Å². The van der Waals surface area contributed by atoms with Crippen LogP contribution in [0.1, 0.15) is 46.8 Å². The SMILES string of the molecule is C.C.CCc1ccn2nc(-c3cccc(OC)n3)nc(Nc3ccncc3F)c12.COc1cccc(-c2nc(Nc3ccncc3F)c3c(C(C)(C)O)ccn3n2)n1.O=C=O.[Br-].[CH3-].[Mg+2]. The maximum absolute atomic E-state index is 14.2. The fourth-order valence-corrected chi connectivity index (χ4v) is 5.80. The minimum atomic E-state index is -1.15. The molecular weight excluding hydrogens is 907 g/mol. The number of nitrogens with one attached hydrogen (secondary N) is 2. The number of pyridine rings is 4. The van der Waals surface area contributed by atoms with Crippen LogP contribution >= 0.6 is 0 Å². The number of anilines is 4. The first-order valence-corrected chi connectivity index (χ1v) is 17.7. The fraction of sp³-hybridized carbons (Fsp3) is 0.209. The van der Waals surface area contributed by atoms with Crippen LogP contribution in [0.3, 0.4) is 0 Å². The van der Waals surface area contributed by atoms with E-state index in [-0.39, 0.29) is 74.2 Å². The van der Waals surface area contributed by atoms with Crippen LogP contribution in [0, 0.1) is 19.1 Å². The van der Waals surface area contributed by atoms with Crippen molar-refractivity contribution >= 4 is 63.2 Å². The number of aryl methyl sites for hydroxylation is 1. The summed E-state index contributed by atoms with van der Waals surface area (Å²) in [5.74, 6) is 1.44. The topological polar surface area (TPSA) is 209 Å². The third-order valence-electron chi connectivity index (χ3n) is 8.52. The Labute approximate surface area is 395 Å². The molecule has 0 atom stereocenters. The number of aliphatic hydroxyl groups is 1. The van der Waals surface area contributed by atoms with E-state index in [4.69, 9.17) is 19.1 Å². The molecule has 0 aromatic carbocycles. The molecule has 0 spiro atoms. The molecule has 0 unspecified atom stereocenters. The van der Waals surface area contributed by atoms with Crippen molar-refractivity contribution < 1.29 is 49.9 Å². The Bertz CT molecular complexity index is 2780. The van der Waals surface area contributed by atoms with E-state index in [1.54, 1.807) is 78.6 Å². The van der Waals surface area contributed by atoms with Crippen LogP contribution < -0.4 is 37.1 Å². The number of carbonyl (C=O) groups excluding carboxylic acids is 2. The first-order chi connectivity index (χ1) is 28.5. The van der Waals surface area contributed by atoms with Gasteiger partial charge in [0, 0.05) is 42.5 Å². The first-order valence-electron chi connectivity index (χ1n) is 17.7. The van der Waals surface area contributed by atoms with Gasteiger partial charge in [-0.3, -0.25) is 9.97 Å². The van der Waals surface area contributed by atoms with Crippen LogP contribution in [-0.2, 0) is 21.6 Å². The molecule has 0 amide bonds. The Hall–Kier alpha value is -6.51. The second-order valence-corrected chi connectivity index (χ2v) is 12.8. The number of aromatic nitrogens is 10. The molecule has 0 aliphatic carbocycles. The van der Waals surface area contributed by atoms with Gasteiger partial charge in [-0.05, 0) is 62.2 Å². The van der Waals surface area contributed by atoms with Gasteiger partial charge in [-0.25, -0.2) is 37.7 Å². The van der Waals surface area contributed by atoms with Crippen molar-refractivity contribution in [3.8, 4) is 34.8 Å². The van der Waals surface area contributed by atoms with Crippen LogP contribution in [0.15, 0.2) is 97.8 Å². The number of fused-ring (bicyclic) bond motifs is 2. The second kappa shape index (κ2) is 25.0. The van der Waals surface area contributed by atoms with Crippen molar-refractivity contribution in [3.05, 3.63) is 128 Å². The maximum atomic E-state index is 14.2. The molecule has 0 saturated carbocycles. The number of hydrogen-bond acceptors (Lipinski definition) is 15. The quantitative estimate of drug-likeness (QED) is 0.125. The summed E-state index contributed by atoms with van der Waals surface area (Å²) in [7, 11) is 3.08.